The summed E-state index contributed by atoms with van der Waals surface area (Å²) in [5.41, 5.74) is 8.59. The van der Waals surface area contributed by atoms with E-state index in [1.807, 2.05) is 61.6 Å². The van der Waals surface area contributed by atoms with Gasteiger partial charge in [-0.2, -0.15) is 0 Å². The van der Waals surface area contributed by atoms with Crippen molar-refractivity contribution >= 4 is 16.8 Å². The van der Waals surface area contributed by atoms with Gasteiger partial charge in [0, 0.05) is 44.8 Å². The Balaban J connectivity index is 1.49. The number of likely N-dealkylation sites (N-methyl/N-ethyl adjacent to an activating group) is 1. The number of rotatable bonds is 8. The smallest absolute Gasteiger partial charge is 0.260 e. The first-order valence-corrected chi connectivity index (χ1v) is 11.0. The van der Waals surface area contributed by atoms with E-state index >= 15 is 0 Å². The molecule has 1 fully saturated rings. The number of β-amino-alcohol motifs (C(OH)–C–C–N with tert-alkyl or cyclic N) is 1. The number of carbonyl (C=O) groups excluding carboxylic acids is 1. The molecule has 2 aromatic carbocycles. The van der Waals surface area contributed by atoms with Gasteiger partial charge in [0.25, 0.3) is 5.91 Å². The van der Waals surface area contributed by atoms with E-state index in [0.717, 1.165) is 29.5 Å². The van der Waals surface area contributed by atoms with Crippen LogP contribution in [0.3, 0.4) is 0 Å². The van der Waals surface area contributed by atoms with Crippen LogP contribution in [0.2, 0.25) is 0 Å². The highest BCUT2D eigenvalue weighted by atomic mass is 16.5. The first kappa shape index (κ1) is 22.2. The molecule has 7 nitrogen and oxygen atoms in total. The summed E-state index contributed by atoms with van der Waals surface area (Å²) in [6.07, 6.45) is 2.17. The van der Waals surface area contributed by atoms with Crippen molar-refractivity contribution in [3.63, 3.8) is 0 Å². The topological polar surface area (TPSA) is 91.9 Å². The normalized spacial score (nSPS) is 17.4. The Labute approximate surface area is 188 Å². The molecule has 0 aliphatic carbocycles. The number of benzene rings is 2. The molecule has 168 valence electrons. The minimum Gasteiger partial charge on any atom is -0.481 e. The molecule has 3 aromatic rings. The summed E-state index contributed by atoms with van der Waals surface area (Å²) in [7, 11) is 1.81. The van der Waals surface area contributed by atoms with E-state index in [-0.39, 0.29) is 24.7 Å². The van der Waals surface area contributed by atoms with Crippen LogP contribution in [0, 0.1) is 0 Å². The molecule has 4 rings (SSSR count). The monoisotopic (exact) mass is 434 g/mol. The van der Waals surface area contributed by atoms with Crippen LogP contribution in [0.15, 0.2) is 60.8 Å². The predicted octanol–water partition coefficient (Wildman–Crippen LogP) is 2.34. The van der Waals surface area contributed by atoms with Crippen molar-refractivity contribution in [1.29, 1.82) is 0 Å². The van der Waals surface area contributed by atoms with Gasteiger partial charge >= 0.3 is 0 Å². The number of ether oxygens (including phenoxy) is 1. The molecule has 0 spiro atoms. The molecular weight excluding hydrogens is 404 g/mol. The van der Waals surface area contributed by atoms with Crippen molar-refractivity contribution in [2.45, 2.75) is 25.1 Å². The highest BCUT2D eigenvalue weighted by molar-refractivity contribution is 5.88. The maximum Gasteiger partial charge on any atom is 0.260 e. The lowest BCUT2D eigenvalue weighted by molar-refractivity contribution is -0.134. The molecule has 2 heterocycles. The molecule has 1 amide bonds. The van der Waals surface area contributed by atoms with E-state index in [9.17, 15) is 9.90 Å². The molecule has 1 unspecified atom stereocenters. The number of nitrogens with two attached hydrogens (primary N) is 1. The number of hydrogen-bond donors (Lipinski definition) is 2. The minimum atomic E-state index is -0.298. The summed E-state index contributed by atoms with van der Waals surface area (Å²) >= 11 is 0. The van der Waals surface area contributed by atoms with Gasteiger partial charge in [0.15, 0.2) is 6.61 Å². The van der Waals surface area contributed by atoms with Crippen LogP contribution in [0.4, 0.5) is 0 Å². The maximum atomic E-state index is 13.1. The molecule has 0 saturated carbocycles. The summed E-state index contributed by atoms with van der Waals surface area (Å²) in [5.74, 6) is 0.448. The third-order valence-corrected chi connectivity index (χ3v) is 6.12. The van der Waals surface area contributed by atoms with Crippen molar-refractivity contribution in [2.75, 3.05) is 33.3 Å². The Morgan fingerprint density at radius 1 is 1.25 bits per heavy atom. The molecule has 2 atom stereocenters. The zero-order valence-corrected chi connectivity index (χ0v) is 18.4. The fourth-order valence-electron chi connectivity index (χ4n) is 4.26. The van der Waals surface area contributed by atoms with E-state index in [1.165, 1.54) is 0 Å². The molecule has 32 heavy (non-hydrogen) atoms. The lowest BCUT2D eigenvalue weighted by Crippen LogP contribution is -2.40. The number of aromatic nitrogens is 1. The summed E-state index contributed by atoms with van der Waals surface area (Å²) < 4.78 is 5.93. The first-order chi connectivity index (χ1) is 15.6. The second kappa shape index (κ2) is 10.1. The van der Waals surface area contributed by atoms with E-state index in [0.29, 0.717) is 30.9 Å². The van der Waals surface area contributed by atoms with Crippen LogP contribution >= 0.6 is 0 Å². The quantitative estimate of drug-likeness (QED) is 0.565. The summed E-state index contributed by atoms with van der Waals surface area (Å²) in [5, 5.41) is 10.8. The standard InChI is InChI=1S/C25H30N4O3/c1-28(22(18-6-3-2-4-7-18)16-29-13-11-20(30)15-29)24(31)17-32-23-10-9-19(14-26)21-8-5-12-27-25(21)23/h2-10,12,20,22,30H,11,13-17,26H2,1H3/t20-,22?/m0/s1. The summed E-state index contributed by atoms with van der Waals surface area (Å²) in [4.78, 5) is 21.5. The number of nitrogens with zero attached hydrogens (tertiary/aromatic N) is 3. The van der Waals surface area contributed by atoms with E-state index in [2.05, 4.69) is 9.88 Å². The van der Waals surface area contributed by atoms with Gasteiger partial charge in [-0.05, 0) is 29.7 Å². The zero-order valence-electron chi connectivity index (χ0n) is 18.4. The molecule has 0 radical (unpaired) electrons. The summed E-state index contributed by atoms with van der Waals surface area (Å²) in [6, 6.07) is 17.4. The molecule has 1 aliphatic heterocycles. The second-order valence-corrected chi connectivity index (χ2v) is 8.25. The van der Waals surface area contributed by atoms with Gasteiger partial charge < -0.3 is 20.5 Å². The average molecular weight is 435 g/mol. The van der Waals surface area contributed by atoms with Gasteiger partial charge in [-0.1, -0.05) is 42.5 Å². The fraction of sp³-hybridized carbons (Fsp3) is 0.360. The molecule has 7 heteroatoms. The van der Waals surface area contributed by atoms with Gasteiger partial charge in [0.2, 0.25) is 0 Å². The number of amides is 1. The zero-order chi connectivity index (χ0) is 22.5. The molecule has 0 bridgehead atoms. The SMILES string of the molecule is CN(C(=O)COc1ccc(CN)c2cccnc12)C(CN1CC[C@H](O)C1)c1ccccc1. The third kappa shape index (κ3) is 4.91. The number of aliphatic hydroxyl groups excluding tert-OH is 1. The van der Waals surface area contributed by atoms with Crippen LogP contribution in [0.25, 0.3) is 10.9 Å². The lowest BCUT2D eigenvalue weighted by Gasteiger charge is -2.32. The van der Waals surface area contributed by atoms with Gasteiger partial charge in [-0.25, -0.2) is 0 Å². The Morgan fingerprint density at radius 2 is 2.06 bits per heavy atom. The number of fused-ring (bicyclic) bond motifs is 1. The fourth-order valence-corrected chi connectivity index (χ4v) is 4.26. The average Bonchev–Trinajstić information content (AvgIpc) is 3.25. The van der Waals surface area contributed by atoms with Crippen LogP contribution in [-0.4, -0.2) is 65.2 Å². The Kier molecular flexibility index (Phi) is 6.99. The Hall–Kier alpha value is -3.00. The van der Waals surface area contributed by atoms with E-state index in [4.69, 9.17) is 10.5 Å². The number of pyridine rings is 1. The third-order valence-electron chi connectivity index (χ3n) is 6.12. The molecule has 1 aliphatic rings. The van der Waals surface area contributed by atoms with E-state index in [1.54, 1.807) is 11.1 Å². The molecule has 1 saturated heterocycles. The van der Waals surface area contributed by atoms with Gasteiger partial charge in [0.1, 0.15) is 11.3 Å². The largest absolute Gasteiger partial charge is 0.481 e. The van der Waals surface area contributed by atoms with Gasteiger partial charge in [-0.15, -0.1) is 0 Å². The number of hydrogen-bond acceptors (Lipinski definition) is 6. The maximum absolute atomic E-state index is 13.1. The molecule has 1 aromatic heterocycles. The first-order valence-electron chi connectivity index (χ1n) is 11.0. The van der Waals surface area contributed by atoms with Crippen molar-refractivity contribution < 1.29 is 14.6 Å². The van der Waals surface area contributed by atoms with Crippen LogP contribution in [0.1, 0.15) is 23.6 Å². The van der Waals surface area contributed by atoms with Gasteiger partial charge in [0.05, 0.1) is 12.1 Å². The minimum absolute atomic E-state index is 0.0872. The van der Waals surface area contributed by atoms with E-state index < -0.39 is 0 Å². The highest BCUT2D eigenvalue weighted by Crippen LogP contribution is 2.27. The van der Waals surface area contributed by atoms with Crippen molar-refractivity contribution in [3.8, 4) is 5.75 Å². The van der Waals surface area contributed by atoms with Crippen LogP contribution < -0.4 is 10.5 Å². The van der Waals surface area contributed by atoms with Gasteiger partial charge in [-0.3, -0.25) is 14.7 Å². The Morgan fingerprint density at radius 3 is 2.78 bits per heavy atom. The number of aliphatic hydroxyl groups is 1. The lowest BCUT2D eigenvalue weighted by atomic mass is 10.0. The van der Waals surface area contributed by atoms with Crippen molar-refractivity contribution in [1.82, 2.24) is 14.8 Å². The highest BCUT2D eigenvalue weighted by Gasteiger charge is 2.28. The Bertz CT molecular complexity index is 1060. The van der Waals surface area contributed by atoms with Crippen LogP contribution in [0.5, 0.6) is 5.75 Å². The van der Waals surface area contributed by atoms with Crippen molar-refractivity contribution in [2.24, 2.45) is 5.73 Å². The predicted molar refractivity (Wildman–Crippen MR) is 124 cm³/mol. The number of likely N-dealkylation sites (tertiary alicyclic amines) is 1. The molecular formula is C25H30N4O3. The molecule has 3 N–H and O–H groups in total. The van der Waals surface area contributed by atoms with Crippen LogP contribution in [-0.2, 0) is 11.3 Å². The summed E-state index contributed by atoms with van der Waals surface area (Å²) in [6.45, 7) is 2.45. The van der Waals surface area contributed by atoms with Crippen molar-refractivity contribution in [3.05, 3.63) is 71.9 Å². The second-order valence-electron chi connectivity index (χ2n) is 8.25. The number of carbonyl (C=O) groups is 1.